The van der Waals surface area contributed by atoms with Gasteiger partial charge >= 0.3 is 0 Å². The number of aromatic amines is 1. The minimum Gasteiger partial charge on any atom is -0.409 e. The maximum absolute atomic E-state index is 13.2. The van der Waals surface area contributed by atoms with Crippen LogP contribution in [-0.4, -0.2) is 89.2 Å². The number of hydrogen-bond donors (Lipinski definition) is 3. The lowest BCUT2D eigenvalue weighted by molar-refractivity contribution is 0.0697. The number of likely N-dealkylation sites (N-methyl/N-ethyl adjacent to an activating group) is 1. The van der Waals surface area contributed by atoms with Crippen molar-refractivity contribution in [2.75, 3.05) is 39.8 Å². The first-order chi connectivity index (χ1) is 16.3. The van der Waals surface area contributed by atoms with Crippen molar-refractivity contribution < 1.29 is 18.4 Å². The maximum Gasteiger partial charge on any atom is 0.282 e. The van der Waals surface area contributed by atoms with Crippen LogP contribution in [0.15, 0.2) is 34.4 Å². The van der Waals surface area contributed by atoms with E-state index in [4.69, 9.17) is 10.9 Å². The summed E-state index contributed by atoms with van der Waals surface area (Å²) in [4.78, 5) is 25.5. The largest absolute Gasteiger partial charge is 0.409 e. The van der Waals surface area contributed by atoms with Crippen LogP contribution in [0.5, 0.6) is 0 Å². The van der Waals surface area contributed by atoms with Crippen LogP contribution in [-0.2, 0) is 23.0 Å². The number of carbonyl (C=O) groups excluding carboxylic acids is 1. The summed E-state index contributed by atoms with van der Waals surface area (Å²) in [5, 5.41) is 13.0. The van der Waals surface area contributed by atoms with E-state index in [-0.39, 0.29) is 29.9 Å². The first-order valence-electron chi connectivity index (χ1n) is 10.8. The van der Waals surface area contributed by atoms with Gasteiger partial charge in [0, 0.05) is 67.0 Å². The van der Waals surface area contributed by atoms with Crippen LogP contribution in [0.3, 0.4) is 0 Å². The molecule has 3 aromatic rings. The third-order valence-corrected chi connectivity index (χ3v) is 9.14. The third-order valence-electron chi connectivity index (χ3n) is 6.25. The smallest absolute Gasteiger partial charge is 0.282 e. The Morgan fingerprint density at radius 1 is 1.21 bits per heavy atom. The van der Waals surface area contributed by atoms with E-state index in [2.05, 4.69) is 27.1 Å². The number of oxime groups is 1. The molecule has 0 unspecified atom stereocenters. The van der Waals surface area contributed by atoms with E-state index in [9.17, 15) is 13.2 Å². The normalized spacial score (nSPS) is 18.4. The molecule has 5 rings (SSSR count). The predicted octanol–water partition coefficient (Wildman–Crippen LogP) is 0.854. The van der Waals surface area contributed by atoms with E-state index < -0.39 is 10.0 Å². The Morgan fingerprint density at radius 2 is 1.97 bits per heavy atom. The summed E-state index contributed by atoms with van der Waals surface area (Å²) in [5.41, 5.74) is 7.75. The molecule has 0 spiro atoms. The topological polar surface area (TPSA) is 148 Å². The lowest BCUT2D eigenvalue weighted by Gasteiger charge is -2.33. The number of fused-ring (bicyclic) bond motifs is 2. The number of nitrogens with zero attached hydrogens (tertiary/aromatic N) is 5. The first-order valence-corrected chi connectivity index (χ1v) is 13.1. The van der Waals surface area contributed by atoms with Crippen LogP contribution >= 0.6 is 11.3 Å². The molecule has 2 aromatic heterocycles. The summed E-state index contributed by atoms with van der Waals surface area (Å²) < 4.78 is 27.8. The van der Waals surface area contributed by atoms with Gasteiger partial charge in [0.05, 0.1) is 5.69 Å². The molecule has 2 aliphatic heterocycles. The molecule has 0 saturated carbocycles. The van der Waals surface area contributed by atoms with Crippen molar-refractivity contribution in [2.24, 2.45) is 10.9 Å². The molecular formula is C21H25N7O4S2. The molecule has 0 atom stereocenters. The molecule has 0 aliphatic carbocycles. The zero-order valence-electron chi connectivity index (χ0n) is 18.6. The average molecular weight is 504 g/mol. The number of amidine groups is 1. The van der Waals surface area contributed by atoms with E-state index >= 15 is 0 Å². The van der Waals surface area contributed by atoms with Gasteiger partial charge in [0.15, 0.2) is 10.8 Å². The number of amides is 1. The highest BCUT2D eigenvalue weighted by atomic mass is 32.2. The molecular weight excluding hydrogens is 478 g/mol. The Bertz CT molecular complexity index is 1390. The zero-order chi connectivity index (χ0) is 24.0. The van der Waals surface area contributed by atoms with Gasteiger partial charge in [-0.2, -0.15) is 4.31 Å². The number of nitrogens with one attached hydrogen (secondary N) is 1. The number of carbonyl (C=O) groups is 1. The molecule has 180 valence electrons. The molecule has 1 aromatic carbocycles. The fourth-order valence-corrected chi connectivity index (χ4v) is 6.88. The SMILES string of the molecule is CN1CCc2nc(C(=O)N3CCN(S(=O)(=O)c4cc5cc(C(N)=NO)ccc5[nH]4)CC3)sc2C1. The van der Waals surface area contributed by atoms with E-state index in [1.54, 1.807) is 23.1 Å². The first kappa shape index (κ1) is 22.8. The Balaban J connectivity index is 1.29. The van der Waals surface area contributed by atoms with Crippen LogP contribution in [0.2, 0.25) is 0 Å². The number of H-pyrrole nitrogens is 1. The Labute approximate surface area is 200 Å². The van der Waals surface area contributed by atoms with Gasteiger partial charge in [-0.25, -0.2) is 13.4 Å². The summed E-state index contributed by atoms with van der Waals surface area (Å²) in [5.74, 6) is -0.193. The van der Waals surface area contributed by atoms with Gasteiger partial charge in [0.1, 0.15) is 5.03 Å². The Morgan fingerprint density at radius 3 is 2.71 bits per heavy atom. The van der Waals surface area contributed by atoms with E-state index in [0.29, 0.717) is 34.6 Å². The summed E-state index contributed by atoms with van der Waals surface area (Å²) in [6.45, 7) is 2.74. The number of nitrogens with two attached hydrogens (primary N) is 1. The van der Waals surface area contributed by atoms with Crippen LogP contribution < -0.4 is 5.73 Å². The standard InChI is InChI=1S/C21H25N7O4S2/c1-26-5-4-16-17(12-26)33-20(24-16)21(29)27-6-8-28(9-7-27)34(31,32)18-11-14-10-13(19(22)25-30)2-3-15(14)23-18/h2-3,10-11,23,30H,4-9,12H2,1H3,(H2,22,25). The van der Waals surface area contributed by atoms with E-state index in [1.807, 2.05) is 0 Å². The molecule has 1 saturated heterocycles. The molecule has 1 fully saturated rings. The number of hydrogen-bond acceptors (Lipinski definition) is 8. The lowest BCUT2D eigenvalue weighted by Crippen LogP contribution is -2.50. The maximum atomic E-state index is 13.2. The fraction of sp³-hybridized carbons (Fsp3) is 0.381. The van der Waals surface area contributed by atoms with Crippen molar-refractivity contribution >= 4 is 44.0 Å². The third kappa shape index (κ3) is 4.04. The molecule has 1 amide bonds. The van der Waals surface area contributed by atoms with Crippen molar-refractivity contribution in [2.45, 2.75) is 18.0 Å². The number of aromatic nitrogens is 2. The highest BCUT2D eigenvalue weighted by molar-refractivity contribution is 7.89. The van der Waals surface area contributed by atoms with Gasteiger partial charge in [0.2, 0.25) is 0 Å². The quantitative estimate of drug-likeness (QED) is 0.207. The van der Waals surface area contributed by atoms with Gasteiger partial charge < -0.3 is 25.7 Å². The molecule has 0 radical (unpaired) electrons. The lowest BCUT2D eigenvalue weighted by atomic mass is 10.1. The number of sulfonamides is 1. The van der Waals surface area contributed by atoms with Gasteiger partial charge in [-0.15, -0.1) is 11.3 Å². The molecule has 2 aliphatic rings. The van der Waals surface area contributed by atoms with Gasteiger partial charge in [-0.3, -0.25) is 4.79 Å². The van der Waals surface area contributed by atoms with Crippen LogP contribution in [0.1, 0.15) is 25.9 Å². The molecule has 4 N–H and O–H groups in total. The second kappa shape index (κ2) is 8.65. The number of benzene rings is 1. The predicted molar refractivity (Wildman–Crippen MR) is 128 cm³/mol. The minimum absolute atomic E-state index is 0.0543. The summed E-state index contributed by atoms with van der Waals surface area (Å²) in [7, 11) is -1.72. The van der Waals surface area contributed by atoms with Crippen molar-refractivity contribution in [1.82, 2.24) is 24.1 Å². The minimum atomic E-state index is -3.77. The fourth-order valence-electron chi connectivity index (χ4n) is 4.28. The van der Waals surface area contributed by atoms with Crippen LogP contribution in [0.25, 0.3) is 10.9 Å². The highest BCUT2D eigenvalue weighted by Crippen LogP contribution is 2.27. The van der Waals surface area contributed by atoms with Crippen molar-refractivity contribution in [3.63, 3.8) is 0 Å². The van der Waals surface area contributed by atoms with E-state index in [1.165, 1.54) is 21.7 Å². The van der Waals surface area contributed by atoms with Gasteiger partial charge in [-0.1, -0.05) is 5.16 Å². The number of rotatable bonds is 4. The molecule has 13 heteroatoms. The van der Waals surface area contributed by atoms with Crippen molar-refractivity contribution in [1.29, 1.82) is 0 Å². The summed E-state index contributed by atoms with van der Waals surface area (Å²) in [6.07, 6.45) is 0.840. The van der Waals surface area contributed by atoms with Gasteiger partial charge in [-0.05, 0) is 31.3 Å². The van der Waals surface area contributed by atoms with Crippen molar-refractivity contribution in [3.8, 4) is 0 Å². The molecule has 0 bridgehead atoms. The van der Waals surface area contributed by atoms with Gasteiger partial charge in [0.25, 0.3) is 15.9 Å². The highest BCUT2D eigenvalue weighted by Gasteiger charge is 2.33. The zero-order valence-corrected chi connectivity index (χ0v) is 20.2. The van der Waals surface area contributed by atoms with Crippen LogP contribution in [0, 0.1) is 0 Å². The second-order valence-corrected chi connectivity index (χ2v) is 11.5. The number of piperazine rings is 1. The summed E-state index contributed by atoms with van der Waals surface area (Å²) >= 11 is 1.44. The van der Waals surface area contributed by atoms with E-state index in [0.717, 1.165) is 30.1 Å². The summed E-state index contributed by atoms with van der Waals surface area (Å²) in [6, 6.07) is 6.52. The Kier molecular flexibility index (Phi) is 5.80. The molecule has 11 nitrogen and oxygen atoms in total. The average Bonchev–Trinajstić information content (AvgIpc) is 3.47. The molecule has 34 heavy (non-hydrogen) atoms. The second-order valence-electron chi connectivity index (χ2n) is 8.49. The van der Waals surface area contributed by atoms with Crippen LogP contribution in [0.4, 0.5) is 0 Å². The number of thiazole rings is 1. The monoisotopic (exact) mass is 503 g/mol. The Hall–Kier alpha value is -3.00. The molecule has 4 heterocycles. The van der Waals surface area contributed by atoms with Crippen molar-refractivity contribution in [3.05, 3.63) is 45.4 Å².